The molecule has 0 spiro atoms. The Balaban J connectivity index is 1.71. The van der Waals surface area contributed by atoms with Crippen LogP contribution in [0.25, 0.3) is 0 Å². The van der Waals surface area contributed by atoms with Gasteiger partial charge in [0.05, 0.1) is 12.0 Å². The molecule has 1 amide bonds. The number of aliphatic hydroxyl groups excluding tert-OH is 1. The second-order valence-electron chi connectivity index (χ2n) is 7.57. The number of nitrogens with zero attached hydrogens (tertiary/aromatic N) is 2. The predicted molar refractivity (Wildman–Crippen MR) is 115 cm³/mol. The van der Waals surface area contributed by atoms with E-state index in [1.165, 1.54) is 15.7 Å². The van der Waals surface area contributed by atoms with Crippen molar-refractivity contribution in [3.63, 3.8) is 0 Å². The van der Waals surface area contributed by atoms with Crippen molar-refractivity contribution in [1.82, 2.24) is 14.5 Å². The van der Waals surface area contributed by atoms with Crippen molar-refractivity contribution >= 4 is 21.8 Å². The molecule has 0 saturated carbocycles. The number of aryl methyl sites for hydroxylation is 1. The minimum atomic E-state index is -0.840. The van der Waals surface area contributed by atoms with Crippen LogP contribution in [-0.2, 0) is 16.0 Å². The Bertz CT molecular complexity index is 1030. The van der Waals surface area contributed by atoms with Gasteiger partial charge in [0.15, 0.2) is 0 Å². The Morgan fingerprint density at radius 2 is 2.10 bits per heavy atom. The van der Waals surface area contributed by atoms with Crippen LogP contribution in [0.15, 0.2) is 44.5 Å². The maximum atomic E-state index is 12.9. The first-order valence-electron chi connectivity index (χ1n) is 9.90. The van der Waals surface area contributed by atoms with Gasteiger partial charge in [-0.15, -0.1) is 0 Å². The van der Waals surface area contributed by atoms with E-state index in [9.17, 15) is 19.5 Å². The molecular weight excluding hydrogens is 454 g/mol. The second kappa shape index (κ2) is 9.28. The van der Waals surface area contributed by atoms with Gasteiger partial charge in [-0.3, -0.25) is 19.1 Å². The highest BCUT2D eigenvalue weighted by molar-refractivity contribution is 9.10. The number of hydrogen-bond donors (Lipinski definition) is 2. The SMILES string of the molecule is CCc1cn([C@@H]2CC(O)[C@H](CN(C)C(=O)[C@@H](C)c3ccccc3Br)O2)c(=O)[nH]c1=O. The molecule has 1 fully saturated rings. The monoisotopic (exact) mass is 479 g/mol. The maximum Gasteiger partial charge on any atom is 0.330 e. The van der Waals surface area contributed by atoms with Crippen LogP contribution >= 0.6 is 15.9 Å². The molecule has 3 rings (SSSR count). The van der Waals surface area contributed by atoms with Crippen LogP contribution in [0, 0.1) is 0 Å². The first-order chi connectivity index (χ1) is 14.2. The zero-order chi connectivity index (χ0) is 22.0. The molecule has 1 saturated heterocycles. The molecule has 1 unspecified atom stereocenters. The van der Waals surface area contributed by atoms with Crippen LogP contribution in [0.4, 0.5) is 0 Å². The molecule has 1 aliphatic rings. The Morgan fingerprint density at radius 3 is 2.77 bits per heavy atom. The summed E-state index contributed by atoms with van der Waals surface area (Å²) in [5.41, 5.74) is 0.347. The lowest BCUT2D eigenvalue weighted by Gasteiger charge is -2.26. The lowest BCUT2D eigenvalue weighted by Crippen LogP contribution is -2.40. The smallest absolute Gasteiger partial charge is 0.330 e. The van der Waals surface area contributed by atoms with Gasteiger partial charge in [0.1, 0.15) is 12.3 Å². The number of rotatable bonds is 6. The summed E-state index contributed by atoms with van der Waals surface area (Å²) in [6.07, 6.45) is -0.0405. The Morgan fingerprint density at radius 1 is 1.40 bits per heavy atom. The average Bonchev–Trinajstić information content (AvgIpc) is 3.07. The summed E-state index contributed by atoms with van der Waals surface area (Å²) in [4.78, 5) is 40.7. The molecule has 2 N–H and O–H groups in total. The third-order valence-corrected chi connectivity index (χ3v) is 6.23. The molecule has 1 aromatic heterocycles. The summed E-state index contributed by atoms with van der Waals surface area (Å²) in [7, 11) is 1.67. The number of likely N-dealkylation sites (N-methyl/N-ethyl adjacent to an activating group) is 1. The molecule has 4 atom stereocenters. The summed E-state index contributed by atoms with van der Waals surface area (Å²) in [6, 6.07) is 7.55. The van der Waals surface area contributed by atoms with Crippen molar-refractivity contribution in [2.45, 2.75) is 51.0 Å². The Kier molecular flexibility index (Phi) is 6.95. The third kappa shape index (κ3) is 4.58. The van der Waals surface area contributed by atoms with Gasteiger partial charge in [0, 0.05) is 36.2 Å². The van der Waals surface area contributed by atoms with Crippen molar-refractivity contribution in [3.8, 4) is 0 Å². The number of hydrogen-bond acceptors (Lipinski definition) is 5. The van der Waals surface area contributed by atoms with Gasteiger partial charge in [0.25, 0.3) is 5.56 Å². The van der Waals surface area contributed by atoms with E-state index in [0.717, 1.165) is 10.0 Å². The van der Waals surface area contributed by atoms with Gasteiger partial charge >= 0.3 is 5.69 Å². The number of benzene rings is 1. The maximum absolute atomic E-state index is 12.9. The van der Waals surface area contributed by atoms with Crippen LogP contribution in [0.3, 0.4) is 0 Å². The molecule has 9 heteroatoms. The molecule has 1 aliphatic heterocycles. The lowest BCUT2D eigenvalue weighted by molar-refractivity contribution is -0.134. The van der Waals surface area contributed by atoms with Crippen molar-refractivity contribution in [1.29, 1.82) is 0 Å². The third-order valence-electron chi connectivity index (χ3n) is 5.51. The quantitative estimate of drug-likeness (QED) is 0.656. The first kappa shape index (κ1) is 22.5. The van der Waals surface area contributed by atoms with Crippen molar-refractivity contribution in [3.05, 3.63) is 66.9 Å². The fourth-order valence-electron chi connectivity index (χ4n) is 3.69. The predicted octanol–water partition coefficient (Wildman–Crippen LogP) is 1.77. The van der Waals surface area contributed by atoms with E-state index in [4.69, 9.17) is 4.74 Å². The summed E-state index contributed by atoms with van der Waals surface area (Å²) in [5.74, 6) is -0.468. The van der Waals surface area contributed by atoms with Crippen molar-refractivity contribution < 1.29 is 14.6 Å². The molecule has 2 heterocycles. The zero-order valence-electron chi connectivity index (χ0n) is 17.2. The molecule has 1 aromatic carbocycles. The number of halogens is 1. The van der Waals surface area contributed by atoms with Gasteiger partial charge in [-0.2, -0.15) is 0 Å². The summed E-state index contributed by atoms with van der Waals surface area (Å²) in [6.45, 7) is 3.84. The topological polar surface area (TPSA) is 105 Å². The molecule has 30 heavy (non-hydrogen) atoms. The number of aliphatic hydroxyl groups is 1. The second-order valence-corrected chi connectivity index (χ2v) is 8.42. The van der Waals surface area contributed by atoms with Crippen LogP contribution in [0.5, 0.6) is 0 Å². The first-order valence-corrected chi connectivity index (χ1v) is 10.7. The highest BCUT2D eigenvalue weighted by atomic mass is 79.9. The van der Waals surface area contributed by atoms with Crippen LogP contribution in [-0.4, -0.2) is 51.3 Å². The molecule has 0 aliphatic carbocycles. The molecular formula is C21H26BrN3O5. The summed E-state index contributed by atoms with van der Waals surface area (Å²) >= 11 is 3.48. The molecule has 0 radical (unpaired) electrons. The van der Waals surface area contributed by atoms with E-state index in [2.05, 4.69) is 20.9 Å². The van der Waals surface area contributed by atoms with Gasteiger partial charge in [-0.25, -0.2) is 4.79 Å². The number of carbonyl (C=O) groups is 1. The van der Waals surface area contributed by atoms with E-state index in [0.29, 0.717) is 12.0 Å². The number of ether oxygens (including phenoxy) is 1. The van der Waals surface area contributed by atoms with E-state index in [-0.39, 0.29) is 24.8 Å². The van der Waals surface area contributed by atoms with E-state index >= 15 is 0 Å². The molecule has 0 bridgehead atoms. The Labute approximate surface area is 182 Å². The number of H-pyrrole nitrogens is 1. The number of aromatic nitrogens is 2. The fraction of sp³-hybridized carbons (Fsp3) is 0.476. The van der Waals surface area contributed by atoms with Gasteiger partial charge in [-0.05, 0) is 25.0 Å². The van der Waals surface area contributed by atoms with Crippen LogP contribution in [0.1, 0.15) is 43.5 Å². The fourth-order valence-corrected chi connectivity index (χ4v) is 4.32. The van der Waals surface area contributed by atoms with Crippen molar-refractivity contribution in [2.24, 2.45) is 0 Å². The molecule has 8 nitrogen and oxygen atoms in total. The van der Waals surface area contributed by atoms with Gasteiger partial charge < -0.3 is 14.7 Å². The molecule has 2 aromatic rings. The highest BCUT2D eigenvalue weighted by Crippen LogP contribution is 2.30. The number of aromatic amines is 1. The van der Waals surface area contributed by atoms with E-state index in [1.54, 1.807) is 7.05 Å². The Hall–Kier alpha value is -2.23. The van der Waals surface area contributed by atoms with E-state index < -0.39 is 29.7 Å². The number of amides is 1. The minimum Gasteiger partial charge on any atom is -0.390 e. The highest BCUT2D eigenvalue weighted by Gasteiger charge is 2.37. The van der Waals surface area contributed by atoms with Gasteiger partial charge in [-0.1, -0.05) is 41.1 Å². The number of nitrogens with one attached hydrogen (secondary N) is 1. The normalized spacial score (nSPS) is 22.1. The lowest BCUT2D eigenvalue weighted by atomic mass is 9.99. The number of carbonyl (C=O) groups excluding carboxylic acids is 1. The summed E-state index contributed by atoms with van der Waals surface area (Å²) < 4.78 is 8.06. The summed E-state index contributed by atoms with van der Waals surface area (Å²) in [5, 5.41) is 10.5. The largest absolute Gasteiger partial charge is 0.390 e. The van der Waals surface area contributed by atoms with E-state index in [1.807, 2.05) is 38.1 Å². The average molecular weight is 480 g/mol. The molecule has 162 valence electrons. The van der Waals surface area contributed by atoms with Crippen molar-refractivity contribution in [2.75, 3.05) is 13.6 Å². The van der Waals surface area contributed by atoms with Crippen LogP contribution in [0.2, 0.25) is 0 Å². The van der Waals surface area contributed by atoms with Crippen LogP contribution < -0.4 is 11.2 Å². The van der Waals surface area contributed by atoms with Gasteiger partial charge in [0.2, 0.25) is 5.91 Å². The standard InChI is InChI=1S/C21H26BrN3O5/c1-4-13-10-25(21(29)23-19(13)27)18-9-16(26)17(30-18)11-24(3)20(28)12(2)14-7-5-6-8-15(14)22/h5-8,10,12,16-18,26H,4,9,11H2,1-3H3,(H,23,27,29)/t12-,16?,17-,18-/m0/s1. The zero-order valence-corrected chi connectivity index (χ0v) is 18.8. The minimum absolute atomic E-state index is 0.101.